The molecular weight excluding hydrogens is 338 g/mol. The van der Waals surface area contributed by atoms with Crippen molar-refractivity contribution in [3.63, 3.8) is 0 Å². The summed E-state index contributed by atoms with van der Waals surface area (Å²) in [6, 6.07) is 12.0. The Bertz CT molecular complexity index is 865. The molecule has 0 radical (unpaired) electrons. The highest BCUT2D eigenvalue weighted by molar-refractivity contribution is 5.99. The van der Waals surface area contributed by atoms with Gasteiger partial charge in [-0.25, -0.2) is 0 Å². The Morgan fingerprint density at radius 2 is 1.70 bits per heavy atom. The summed E-state index contributed by atoms with van der Waals surface area (Å²) in [5.41, 5.74) is 5.10. The zero-order valence-electron chi connectivity index (χ0n) is 16.7. The van der Waals surface area contributed by atoms with Gasteiger partial charge in [-0.05, 0) is 67.1 Å². The van der Waals surface area contributed by atoms with Gasteiger partial charge in [-0.3, -0.25) is 9.59 Å². The molecule has 0 bridgehead atoms. The van der Waals surface area contributed by atoms with Crippen molar-refractivity contribution < 1.29 is 14.3 Å². The molecule has 4 heteroatoms. The number of hydrogen-bond donors (Lipinski definition) is 0. The molecule has 0 spiro atoms. The molecule has 3 rings (SSSR count). The van der Waals surface area contributed by atoms with Crippen molar-refractivity contribution in [2.75, 3.05) is 11.4 Å². The Morgan fingerprint density at radius 3 is 2.33 bits per heavy atom. The van der Waals surface area contributed by atoms with E-state index < -0.39 is 5.92 Å². The maximum atomic E-state index is 12.8. The third kappa shape index (κ3) is 4.21. The third-order valence-electron chi connectivity index (χ3n) is 4.98. The molecule has 27 heavy (non-hydrogen) atoms. The van der Waals surface area contributed by atoms with Gasteiger partial charge < -0.3 is 9.64 Å². The van der Waals surface area contributed by atoms with Crippen LogP contribution in [0.4, 0.5) is 5.69 Å². The molecule has 0 saturated carbocycles. The van der Waals surface area contributed by atoms with E-state index in [1.165, 1.54) is 0 Å². The average molecular weight is 365 g/mol. The second-order valence-corrected chi connectivity index (χ2v) is 7.87. The Hall–Kier alpha value is -2.62. The van der Waals surface area contributed by atoms with Crippen LogP contribution < -0.4 is 9.64 Å². The molecule has 1 atom stereocenters. The fourth-order valence-electron chi connectivity index (χ4n) is 3.62. The molecule has 0 unspecified atom stereocenters. The largest absolute Gasteiger partial charge is 0.426 e. The molecule has 1 heterocycles. The minimum atomic E-state index is -0.446. The SMILES string of the molecule is Cc1cc(C)cc(N2C[C@@H](C(=O)Oc3cc(C)ccc3C(C)C)CC2=O)c1. The number of amides is 1. The molecule has 1 aliphatic heterocycles. The van der Waals surface area contributed by atoms with Gasteiger partial charge in [-0.2, -0.15) is 0 Å². The van der Waals surface area contributed by atoms with Crippen molar-refractivity contribution in [3.8, 4) is 5.75 Å². The molecule has 2 aromatic rings. The number of rotatable bonds is 4. The monoisotopic (exact) mass is 365 g/mol. The van der Waals surface area contributed by atoms with Crippen LogP contribution in [0.2, 0.25) is 0 Å². The zero-order chi connectivity index (χ0) is 19.7. The van der Waals surface area contributed by atoms with Crippen LogP contribution in [0, 0.1) is 26.7 Å². The number of nitrogens with zero attached hydrogens (tertiary/aromatic N) is 1. The Labute approximate surface area is 161 Å². The van der Waals surface area contributed by atoms with Crippen LogP contribution in [0.3, 0.4) is 0 Å². The lowest BCUT2D eigenvalue weighted by Gasteiger charge is -2.18. The first-order chi connectivity index (χ1) is 12.7. The van der Waals surface area contributed by atoms with Crippen molar-refractivity contribution in [1.29, 1.82) is 0 Å². The lowest BCUT2D eigenvalue weighted by molar-refractivity contribution is -0.139. The number of aryl methyl sites for hydroxylation is 3. The second-order valence-electron chi connectivity index (χ2n) is 7.87. The van der Waals surface area contributed by atoms with E-state index in [-0.39, 0.29) is 24.2 Å². The molecule has 1 amide bonds. The van der Waals surface area contributed by atoms with E-state index >= 15 is 0 Å². The predicted octanol–water partition coefficient (Wildman–Crippen LogP) is 4.69. The van der Waals surface area contributed by atoms with Gasteiger partial charge in [-0.1, -0.05) is 32.0 Å². The van der Waals surface area contributed by atoms with Crippen LogP contribution in [0.25, 0.3) is 0 Å². The molecule has 1 aliphatic rings. The molecule has 0 aromatic heterocycles. The Kier molecular flexibility index (Phi) is 5.36. The Morgan fingerprint density at radius 1 is 1.04 bits per heavy atom. The summed E-state index contributed by atoms with van der Waals surface area (Å²) < 4.78 is 5.73. The van der Waals surface area contributed by atoms with Crippen LogP contribution >= 0.6 is 0 Å². The van der Waals surface area contributed by atoms with Gasteiger partial charge in [0.2, 0.25) is 5.91 Å². The van der Waals surface area contributed by atoms with Gasteiger partial charge in [0.15, 0.2) is 0 Å². The van der Waals surface area contributed by atoms with Gasteiger partial charge in [-0.15, -0.1) is 0 Å². The van der Waals surface area contributed by atoms with Crippen molar-refractivity contribution >= 4 is 17.6 Å². The van der Waals surface area contributed by atoms with Gasteiger partial charge >= 0.3 is 5.97 Å². The van der Waals surface area contributed by atoms with Crippen molar-refractivity contribution in [3.05, 3.63) is 58.7 Å². The second kappa shape index (κ2) is 7.55. The van der Waals surface area contributed by atoms with Gasteiger partial charge in [0.05, 0.1) is 5.92 Å². The fourth-order valence-corrected chi connectivity index (χ4v) is 3.62. The van der Waals surface area contributed by atoms with Crippen molar-refractivity contribution in [1.82, 2.24) is 0 Å². The van der Waals surface area contributed by atoms with Crippen LogP contribution in [0.1, 0.15) is 48.4 Å². The first-order valence-electron chi connectivity index (χ1n) is 9.45. The molecular formula is C23H27NO3. The van der Waals surface area contributed by atoms with Crippen molar-refractivity contribution in [2.45, 2.75) is 47.0 Å². The summed E-state index contributed by atoms with van der Waals surface area (Å²) in [5, 5.41) is 0. The molecule has 0 aliphatic carbocycles. The first-order valence-corrected chi connectivity index (χ1v) is 9.45. The number of benzene rings is 2. The highest BCUT2D eigenvalue weighted by atomic mass is 16.5. The number of ether oxygens (including phenoxy) is 1. The quantitative estimate of drug-likeness (QED) is 0.583. The minimum absolute atomic E-state index is 0.0322. The van der Waals surface area contributed by atoms with E-state index in [9.17, 15) is 9.59 Å². The first kappa shape index (κ1) is 19.2. The summed E-state index contributed by atoms with van der Waals surface area (Å²) in [7, 11) is 0. The van der Waals surface area contributed by atoms with Crippen LogP contribution in [-0.2, 0) is 9.59 Å². The number of hydrogen-bond acceptors (Lipinski definition) is 3. The number of anilines is 1. The summed E-state index contributed by atoms with van der Waals surface area (Å²) in [5.74, 6) is 0.0505. The summed E-state index contributed by atoms with van der Waals surface area (Å²) in [6.07, 6.45) is 0.189. The molecule has 142 valence electrons. The minimum Gasteiger partial charge on any atom is -0.426 e. The van der Waals surface area contributed by atoms with E-state index in [4.69, 9.17) is 4.74 Å². The van der Waals surface area contributed by atoms with E-state index in [1.807, 2.05) is 51.1 Å². The molecule has 2 aromatic carbocycles. The van der Waals surface area contributed by atoms with Crippen LogP contribution in [0.15, 0.2) is 36.4 Å². The normalized spacial score (nSPS) is 16.9. The topological polar surface area (TPSA) is 46.6 Å². The molecule has 4 nitrogen and oxygen atoms in total. The van der Waals surface area contributed by atoms with E-state index in [2.05, 4.69) is 19.9 Å². The highest BCUT2D eigenvalue weighted by Crippen LogP contribution is 2.31. The van der Waals surface area contributed by atoms with Gasteiger partial charge in [0.1, 0.15) is 5.75 Å². The number of esters is 1. The number of carbonyl (C=O) groups is 2. The van der Waals surface area contributed by atoms with E-state index in [1.54, 1.807) is 4.90 Å². The number of carbonyl (C=O) groups excluding carboxylic acids is 2. The Balaban J connectivity index is 1.78. The van der Waals surface area contributed by atoms with Crippen LogP contribution in [0.5, 0.6) is 5.75 Å². The maximum absolute atomic E-state index is 12.8. The lowest BCUT2D eigenvalue weighted by Crippen LogP contribution is -2.27. The molecule has 1 fully saturated rings. The van der Waals surface area contributed by atoms with E-state index in [0.717, 1.165) is 27.9 Å². The maximum Gasteiger partial charge on any atom is 0.316 e. The smallest absolute Gasteiger partial charge is 0.316 e. The predicted molar refractivity (Wildman–Crippen MR) is 107 cm³/mol. The lowest BCUT2D eigenvalue weighted by atomic mass is 10.0. The highest BCUT2D eigenvalue weighted by Gasteiger charge is 2.36. The van der Waals surface area contributed by atoms with Crippen molar-refractivity contribution in [2.24, 2.45) is 5.92 Å². The van der Waals surface area contributed by atoms with E-state index in [0.29, 0.717) is 12.3 Å². The summed E-state index contributed by atoms with van der Waals surface area (Å²) >= 11 is 0. The molecule has 1 saturated heterocycles. The van der Waals surface area contributed by atoms with Gasteiger partial charge in [0, 0.05) is 18.7 Å². The van der Waals surface area contributed by atoms with Gasteiger partial charge in [0.25, 0.3) is 0 Å². The molecule has 0 N–H and O–H groups in total. The fraction of sp³-hybridized carbons (Fsp3) is 0.391. The zero-order valence-corrected chi connectivity index (χ0v) is 16.7. The third-order valence-corrected chi connectivity index (χ3v) is 4.98. The standard InChI is InChI=1S/C23H27NO3/c1-14(2)20-7-6-15(3)11-21(20)27-23(26)18-12-22(25)24(13-18)19-9-16(4)8-17(5)10-19/h6-11,14,18H,12-13H2,1-5H3/t18-/m0/s1. The van der Waals surface area contributed by atoms with Crippen LogP contribution in [-0.4, -0.2) is 18.4 Å². The summed E-state index contributed by atoms with van der Waals surface area (Å²) in [4.78, 5) is 27.0. The summed E-state index contributed by atoms with van der Waals surface area (Å²) in [6.45, 7) is 10.5. The average Bonchev–Trinajstić information content (AvgIpc) is 2.95.